The highest BCUT2D eigenvalue weighted by Gasteiger charge is 2.31. The Hall–Kier alpha value is -2.60. The molecule has 1 saturated carbocycles. The van der Waals surface area contributed by atoms with Crippen LogP contribution in [0.5, 0.6) is 0 Å². The van der Waals surface area contributed by atoms with Crippen LogP contribution in [0.25, 0.3) is 11.1 Å². The molecule has 1 aliphatic heterocycles. The summed E-state index contributed by atoms with van der Waals surface area (Å²) in [6.45, 7) is 2.86. The first-order chi connectivity index (χ1) is 18.5. The summed E-state index contributed by atoms with van der Waals surface area (Å²) in [6, 6.07) is 18.4. The largest absolute Gasteiger partial charge is 0.337 e. The minimum absolute atomic E-state index is 0.236. The molecule has 38 heavy (non-hydrogen) atoms. The standard InChI is InChI=1S/C31H36Cl2N4O/c32-26-17-27(33)19-28(18-26)36-31(38)35-21-30(23-10-8-22(9-11-23)25-5-4-14-34-20-25)24-12-15-37(16-13-24)29-6-2-1-3-7-29/h4-5,8-11,14,17-20,24,29-30H,1-3,6-7,12-13,15-16,21H2,(H2,35,36,38). The summed E-state index contributed by atoms with van der Waals surface area (Å²) in [4.78, 5) is 19.8. The molecule has 2 aliphatic rings. The van der Waals surface area contributed by atoms with E-state index >= 15 is 0 Å². The van der Waals surface area contributed by atoms with Crippen LogP contribution in [0.3, 0.4) is 0 Å². The van der Waals surface area contributed by atoms with E-state index in [9.17, 15) is 4.79 Å². The van der Waals surface area contributed by atoms with Gasteiger partial charge < -0.3 is 15.5 Å². The predicted octanol–water partition coefficient (Wildman–Crippen LogP) is 8.01. The van der Waals surface area contributed by atoms with Crippen LogP contribution >= 0.6 is 23.2 Å². The lowest BCUT2D eigenvalue weighted by molar-refractivity contribution is 0.0987. The number of carbonyl (C=O) groups is 1. The Labute approximate surface area is 235 Å². The Bertz CT molecular complexity index is 1170. The molecule has 0 radical (unpaired) electrons. The first kappa shape index (κ1) is 27.0. The van der Waals surface area contributed by atoms with Gasteiger partial charge in [0.15, 0.2) is 0 Å². The lowest BCUT2D eigenvalue weighted by atomic mass is 9.79. The first-order valence-electron chi connectivity index (χ1n) is 13.8. The third kappa shape index (κ3) is 7.07. The smallest absolute Gasteiger partial charge is 0.319 e. The zero-order valence-electron chi connectivity index (χ0n) is 21.7. The summed E-state index contributed by atoms with van der Waals surface area (Å²) in [7, 11) is 0. The monoisotopic (exact) mass is 550 g/mol. The fourth-order valence-corrected chi connectivity index (χ4v) is 6.68. The number of nitrogens with one attached hydrogen (secondary N) is 2. The average Bonchev–Trinajstić information content (AvgIpc) is 2.94. The van der Waals surface area contributed by atoms with Gasteiger partial charge in [-0.05, 0) is 85.6 Å². The van der Waals surface area contributed by atoms with Gasteiger partial charge in [0, 0.05) is 46.6 Å². The molecule has 1 atom stereocenters. The maximum atomic E-state index is 12.8. The second-order valence-electron chi connectivity index (χ2n) is 10.6. The molecule has 7 heteroatoms. The minimum Gasteiger partial charge on any atom is -0.337 e. The highest BCUT2D eigenvalue weighted by atomic mass is 35.5. The third-order valence-corrected chi connectivity index (χ3v) is 8.61. The van der Waals surface area contributed by atoms with Crippen molar-refractivity contribution < 1.29 is 4.79 Å². The van der Waals surface area contributed by atoms with Gasteiger partial charge in [-0.3, -0.25) is 4.98 Å². The lowest BCUT2D eigenvalue weighted by Gasteiger charge is -2.41. The van der Waals surface area contributed by atoms with E-state index in [0.29, 0.717) is 28.2 Å². The molecule has 0 spiro atoms. The maximum Gasteiger partial charge on any atom is 0.319 e. The third-order valence-electron chi connectivity index (χ3n) is 8.17. The summed E-state index contributed by atoms with van der Waals surface area (Å²) in [5.74, 6) is 0.750. The predicted molar refractivity (Wildman–Crippen MR) is 157 cm³/mol. The van der Waals surface area contributed by atoms with Crippen LogP contribution in [0, 0.1) is 5.92 Å². The van der Waals surface area contributed by atoms with Crippen LogP contribution in [-0.2, 0) is 0 Å². The number of piperidine rings is 1. The molecule has 1 aromatic heterocycles. The molecule has 1 aliphatic carbocycles. The van der Waals surface area contributed by atoms with Crippen LogP contribution in [0.1, 0.15) is 56.4 Å². The Morgan fingerprint density at radius 3 is 2.29 bits per heavy atom. The number of anilines is 1. The fourth-order valence-electron chi connectivity index (χ4n) is 6.15. The molecule has 200 valence electrons. The Morgan fingerprint density at radius 2 is 1.63 bits per heavy atom. The number of amides is 2. The second-order valence-corrected chi connectivity index (χ2v) is 11.5. The van der Waals surface area contributed by atoms with Crippen molar-refractivity contribution in [3.8, 4) is 11.1 Å². The van der Waals surface area contributed by atoms with Gasteiger partial charge in [0.2, 0.25) is 0 Å². The molecule has 2 amide bonds. The van der Waals surface area contributed by atoms with Crippen molar-refractivity contribution in [2.75, 3.05) is 25.0 Å². The van der Waals surface area contributed by atoms with Crippen molar-refractivity contribution in [3.05, 3.63) is 82.6 Å². The summed E-state index contributed by atoms with van der Waals surface area (Å²) < 4.78 is 0. The average molecular weight is 552 g/mol. The van der Waals surface area contributed by atoms with E-state index in [1.807, 2.05) is 12.3 Å². The zero-order valence-corrected chi connectivity index (χ0v) is 23.2. The van der Waals surface area contributed by atoms with E-state index in [0.717, 1.165) is 43.1 Å². The van der Waals surface area contributed by atoms with Gasteiger partial charge in [0.25, 0.3) is 0 Å². The number of nitrogens with zero attached hydrogens (tertiary/aromatic N) is 2. The molecular formula is C31H36Cl2N4O. The number of benzene rings is 2. The van der Waals surface area contributed by atoms with E-state index in [1.165, 1.54) is 37.7 Å². The van der Waals surface area contributed by atoms with Gasteiger partial charge in [-0.25, -0.2) is 4.79 Å². The summed E-state index contributed by atoms with van der Waals surface area (Å²) in [5, 5.41) is 6.99. The van der Waals surface area contributed by atoms with Gasteiger partial charge in [-0.15, -0.1) is 0 Å². The van der Waals surface area contributed by atoms with Gasteiger partial charge in [-0.1, -0.05) is 72.8 Å². The van der Waals surface area contributed by atoms with Crippen LogP contribution in [0.2, 0.25) is 10.0 Å². The summed E-state index contributed by atoms with van der Waals surface area (Å²) in [5.41, 5.74) is 4.10. The number of likely N-dealkylation sites (tertiary alicyclic amines) is 1. The minimum atomic E-state index is -0.250. The van der Waals surface area contributed by atoms with Crippen LogP contribution < -0.4 is 10.6 Å². The number of aromatic nitrogens is 1. The van der Waals surface area contributed by atoms with E-state index in [1.54, 1.807) is 24.4 Å². The normalized spacial score (nSPS) is 18.2. The van der Waals surface area contributed by atoms with Crippen molar-refractivity contribution in [3.63, 3.8) is 0 Å². The van der Waals surface area contributed by atoms with E-state index in [-0.39, 0.29) is 11.9 Å². The molecule has 0 bridgehead atoms. The van der Waals surface area contributed by atoms with Gasteiger partial charge in [-0.2, -0.15) is 0 Å². The molecule has 5 nitrogen and oxygen atoms in total. The second kappa shape index (κ2) is 13.0. The fraction of sp³-hybridized carbons (Fsp3) is 0.419. The number of carbonyl (C=O) groups excluding carboxylic acids is 1. The Morgan fingerprint density at radius 1 is 0.921 bits per heavy atom. The first-order valence-corrected chi connectivity index (χ1v) is 14.6. The van der Waals surface area contributed by atoms with Crippen LogP contribution in [0.4, 0.5) is 10.5 Å². The van der Waals surface area contributed by atoms with E-state index < -0.39 is 0 Å². The van der Waals surface area contributed by atoms with Crippen molar-refractivity contribution in [1.82, 2.24) is 15.2 Å². The maximum absolute atomic E-state index is 12.8. The number of rotatable bonds is 7. The summed E-state index contributed by atoms with van der Waals surface area (Å²) >= 11 is 12.2. The molecule has 2 heterocycles. The molecule has 1 unspecified atom stereocenters. The molecule has 2 N–H and O–H groups in total. The van der Waals surface area contributed by atoms with E-state index in [4.69, 9.17) is 23.2 Å². The van der Waals surface area contributed by atoms with Crippen molar-refractivity contribution in [1.29, 1.82) is 0 Å². The number of hydrogen-bond donors (Lipinski definition) is 2. The van der Waals surface area contributed by atoms with Crippen molar-refractivity contribution in [2.24, 2.45) is 5.92 Å². The Balaban J connectivity index is 1.27. The number of urea groups is 1. The quantitative estimate of drug-likeness (QED) is 0.313. The van der Waals surface area contributed by atoms with Crippen molar-refractivity contribution in [2.45, 2.75) is 56.9 Å². The molecule has 3 aromatic rings. The highest BCUT2D eigenvalue weighted by Crippen LogP contribution is 2.35. The van der Waals surface area contributed by atoms with Crippen LogP contribution in [-0.4, -0.2) is 41.6 Å². The number of halogens is 2. The molecule has 2 fully saturated rings. The number of pyridine rings is 1. The molecule has 2 aromatic carbocycles. The van der Waals surface area contributed by atoms with Crippen molar-refractivity contribution >= 4 is 34.9 Å². The molecular weight excluding hydrogens is 515 g/mol. The molecule has 5 rings (SSSR count). The lowest BCUT2D eigenvalue weighted by Crippen LogP contribution is -2.44. The van der Waals surface area contributed by atoms with Gasteiger partial charge in [0.1, 0.15) is 0 Å². The Kier molecular flexibility index (Phi) is 9.21. The van der Waals surface area contributed by atoms with Gasteiger partial charge >= 0.3 is 6.03 Å². The number of hydrogen-bond acceptors (Lipinski definition) is 3. The van der Waals surface area contributed by atoms with E-state index in [2.05, 4.69) is 50.8 Å². The molecule has 1 saturated heterocycles. The highest BCUT2D eigenvalue weighted by molar-refractivity contribution is 6.35. The SMILES string of the molecule is O=C(NCC(c1ccc(-c2cccnc2)cc1)C1CCN(C2CCCCC2)CC1)Nc1cc(Cl)cc(Cl)c1. The zero-order chi connectivity index (χ0) is 26.3. The topological polar surface area (TPSA) is 57.3 Å². The van der Waals surface area contributed by atoms with Gasteiger partial charge in [0.05, 0.1) is 0 Å². The van der Waals surface area contributed by atoms with Crippen LogP contribution in [0.15, 0.2) is 67.0 Å². The summed E-state index contributed by atoms with van der Waals surface area (Å²) in [6.07, 6.45) is 12.8.